The molecule has 6 heteroatoms. The summed E-state index contributed by atoms with van der Waals surface area (Å²) in [6.07, 6.45) is 0.896. The minimum absolute atomic E-state index is 0.0106. The fourth-order valence-corrected chi connectivity index (χ4v) is 3.02. The second-order valence-corrected chi connectivity index (χ2v) is 7.08. The lowest BCUT2D eigenvalue weighted by Gasteiger charge is -2.42. The van der Waals surface area contributed by atoms with Crippen molar-refractivity contribution >= 4 is 17.5 Å². The van der Waals surface area contributed by atoms with E-state index in [0.29, 0.717) is 24.3 Å². The monoisotopic (exact) mass is 332 g/mol. The van der Waals surface area contributed by atoms with E-state index >= 15 is 0 Å². The predicted molar refractivity (Wildman–Crippen MR) is 95.9 cm³/mol. The second-order valence-electron chi connectivity index (χ2n) is 7.08. The fourth-order valence-electron chi connectivity index (χ4n) is 3.02. The number of rotatable bonds is 5. The Bertz CT molecular complexity index is 600. The molecule has 0 spiro atoms. The van der Waals surface area contributed by atoms with Gasteiger partial charge in [0.15, 0.2) is 0 Å². The summed E-state index contributed by atoms with van der Waals surface area (Å²) in [6, 6.07) is 7.15. The van der Waals surface area contributed by atoms with Gasteiger partial charge in [-0.3, -0.25) is 14.5 Å². The lowest BCUT2D eigenvalue weighted by molar-refractivity contribution is -0.118. The molecule has 1 heterocycles. The van der Waals surface area contributed by atoms with E-state index in [4.69, 9.17) is 5.73 Å². The van der Waals surface area contributed by atoms with E-state index in [1.54, 1.807) is 24.3 Å². The largest absolute Gasteiger partial charge is 0.352 e. The van der Waals surface area contributed by atoms with Crippen LogP contribution in [0, 0.1) is 5.41 Å². The molecule has 2 amide bonds. The summed E-state index contributed by atoms with van der Waals surface area (Å²) in [7, 11) is 0. The van der Waals surface area contributed by atoms with Gasteiger partial charge in [0.2, 0.25) is 5.91 Å². The SMILES string of the molecule is CCNC(=O)c1cccc(NC(=O)CN2CCC(N)C(C)(C)C2)c1. The van der Waals surface area contributed by atoms with Crippen molar-refractivity contribution in [3.05, 3.63) is 29.8 Å². The first-order valence-electron chi connectivity index (χ1n) is 8.48. The van der Waals surface area contributed by atoms with Crippen molar-refractivity contribution in [2.24, 2.45) is 11.1 Å². The van der Waals surface area contributed by atoms with Gasteiger partial charge in [-0.2, -0.15) is 0 Å². The van der Waals surface area contributed by atoms with Crippen LogP contribution in [-0.2, 0) is 4.79 Å². The molecule has 1 unspecified atom stereocenters. The van der Waals surface area contributed by atoms with Gasteiger partial charge >= 0.3 is 0 Å². The van der Waals surface area contributed by atoms with Crippen molar-refractivity contribution in [3.8, 4) is 0 Å². The first-order chi connectivity index (χ1) is 11.3. The second kappa shape index (κ2) is 7.77. The summed E-state index contributed by atoms with van der Waals surface area (Å²) in [6.45, 7) is 8.69. The Morgan fingerprint density at radius 1 is 1.38 bits per heavy atom. The Morgan fingerprint density at radius 3 is 2.79 bits per heavy atom. The minimum atomic E-state index is -0.139. The maximum absolute atomic E-state index is 12.3. The van der Waals surface area contributed by atoms with Gasteiger partial charge in [0.1, 0.15) is 0 Å². The first-order valence-corrected chi connectivity index (χ1v) is 8.48. The number of nitrogens with two attached hydrogens (primary N) is 1. The number of hydrogen-bond acceptors (Lipinski definition) is 4. The Morgan fingerprint density at radius 2 is 2.12 bits per heavy atom. The molecule has 2 rings (SSSR count). The highest BCUT2D eigenvalue weighted by atomic mass is 16.2. The van der Waals surface area contributed by atoms with Gasteiger partial charge in [0.05, 0.1) is 6.54 Å². The van der Waals surface area contributed by atoms with Gasteiger partial charge < -0.3 is 16.4 Å². The lowest BCUT2D eigenvalue weighted by atomic mass is 9.80. The molecule has 1 aromatic carbocycles. The molecule has 0 aromatic heterocycles. The molecule has 1 saturated heterocycles. The van der Waals surface area contributed by atoms with Crippen molar-refractivity contribution in [2.45, 2.75) is 33.2 Å². The van der Waals surface area contributed by atoms with Crippen LogP contribution >= 0.6 is 0 Å². The molecular formula is C18H28N4O2. The van der Waals surface area contributed by atoms with Crippen LogP contribution in [0.5, 0.6) is 0 Å². The van der Waals surface area contributed by atoms with E-state index < -0.39 is 0 Å². The molecule has 0 bridgehead atoms. The number of hydrogen-bond donors (Lipinski definition) is 3. The number of amides is 2. The zero-order chi connectivity index (χ0) is 17.7. The zero-order valence-corrected chi connectivity index (χ0v) is 14.8. The Kier molecular flexibility index (Phi) is 5.96. The number of nitrogens with one attached hydrogen (secondary N) is 2. The van der Waals surface area contributed by atoms with Gasteiger partial charge in [0.25, 0.3) is 5.91 Å². The molecule has 24 heavy (non-hydrogen) atoms. The average Bonchev–Trinajstić information content (AvgIpc) is 2.51. The predicted octanol–water partition coefficient (Wildman–Crippen LogP) is 1.43. The van der Waals surface area contributed by atoms with Crippen molar-refractivity contribution in [3.63, 3.8) is 0 Å². The average molecular weight is 332 g/mol. The van der Waals surface area contributed by atoms with Crippen LogP contribution in [0.2, 0.25) is 0 Å². The lowest BCUT2D eigenvalue weighted by Crippen LogP contribution is -2.53. The van der Waals surface area contributed by atoms with Crippen molar-refractivity contribution < 1.29 is 9.59 Å². The highest BCUT2D eigenvalue weighted by molar-refractivity contribution is 5.97. The maximum Gasteiger partial charge on any atom is 0.251 e. The Balaban J connectivity index is 1.93. The standard InChI is InChI=1S/C18H28N4O2/c1-4-20-17(24)13-6-5-7-14(10-13)21-16(23)11-22-9-8-15(19)18(2,3)12-22/h5-7,10,15H,4,8-9,11-12,19H2,1-3H3,(H,20,24)(H,21,23). The Hall–Kier alpha value is -1.92. The smallest absolute Gasteiger partial charge is 0.251 e. The molecule has 0 aliphatic carbocycles. The van der Waals surface area contributed by atoms with Gasteiger partial charge in [0, 0.05) is 36.9 Å². The van der Waals surface area contributed by atoms with E-state index in [9.17, 15) is 9.59 Å². The third-order valence-electron chi connectivity index (χ3n) is 4.50. The number of carbonyl (C=O) groups is 2. The molecule has 1 atom stereocenters. The van der Waals surface area contributed by atoms with Gasteiger partial charge in [-0.05, 0) is 37.0 Å². The molecule has 1 aliphatic heterocycles. The summed E-state index contributed by atoms with van der Waals surface area (Å²) in [5.41, 5.74) is 7.32. The van der Waals surface area contributed by atoms with E-state index in [-0.39, 0.29) is 23.3 Å². The van der Waals surface area contributed by atoms with Crippen LogP contribution in [0.1, 0.15) is 37.6 Å². The number of carbonyl (C=O) groups excluding carboxylic acids is 2. The molecular weight excluding hydrogens is 304 g/mol. The third-order valence-corrected chi connectivity index (χ3v) is 4.50. The molecule has 6 nitrogen and oxygen atoms in total. The van der Waals surface area contributed by atoms with E-state index in [1.807, 2.05) is 6.92 Å². The molecule has 4 N–H and O–H groups in total. The molecule has 132 valence electrons. The maximum atomic E-state index is 12.3. The van der Waals surface area contributed by atoms with Crippen LogP contribution in [0.3, 0.4) is 0 Å². The molecule has 0 radical (unpaired) electrons. The van der Waals surface area contributed by atoms with E-state index in [0.717, 1.165) is 19.5 Å². The van der Waals surface area contributed by atoms with Crippen molar-refractivity contribution in [1.82, 2.24) is 10.2 Å². The van der Waals surface area contributed by atoms with Crippen LogP contribution < -0.4 is 16.4 Å². The fraction of sp³-hybridized carbons (Fsp3) is 0.556. The quantitative estimate of drug-likeness (QED) is 0.761. The first kappa shape index (κ1) is 18.4. The van der Waals surface area contributed by atoms with Crippen LogP contribution in [0.4, 0.5) is 5.69 Å². The number of piperidine rings is 1. The van der Waals surface area contributed by atoms with E-state index in [1.165, 1.54) is 0 Å². The number of nitrogens with zero attached hydrogens (tertiary/aromatic N) is 1. The topological polar surface area (TPSA) is 87.5 Å². The summed E-state index contributed by atoms with van der Waals surface area (Å²) in [4.78, 5) is 26.3. The van der Waals surface area contributed by atoms with Gasteiger partial charge in [-0.15, -0.1) is 0 Å². The minimum Gasteiger partial charge on any atom is -0.352 e. The van der Waals surface area contributed by atoms with E-state index in [2.05, 4.69) is 29.4 Å². The summed E-state index contributed by atoms with van der Waals surface area (Å²) in [5.74, 6) is -0.213. The van der Waals surface area contributed by atoms with Gasteiger partial charge in [-0.25, -0.2) is 0 Å². The summed E-state index contributed by atoms with van der Waals surface area (Å²) < 4.78 is 0. The molecule has 1 fully saturated rings. The van der Waals surface area contributed by atoms with Crippen LogP contribution in [-0.4, -0.2) is 48.9 Å². The molecule has 0 saturated carbocycles. The zero-order valence-electron chi connectivity index (χ0n) is 14.8. The Labute approximate surface area is 143 Å². The number of anilines is 1. The van der Waals surface area contributed by atoms with Gasteiger partial charge in [-0.1, -0.05) is 19.9 Å². The van der Waals surface area contributed by atoms with Crippen molar-refractivity contribution in [2.75, 3.05) is 31.5 Å². The highest BCUT2D eigenvalue weighted by Crippen LogP contribution is 2.27. The number of benzene rings is 1. The van der Waals surface area contributed by atoms with Crippen molar-refractivity contribution in [1.29, 1.82) is 0 Å². The normalized spacial score (nSPS) is 20.4. The summed E-state index contributed by atoms with van der Waals surface area (Å²) >= 11 is 0. The number of likely N-dealkylation sites (tertiary alicyclic amines) is 1. The molecule has 1 aliphatic rings. The highest BCUT2D eigenvalue weighted by Gasteiger charge is 2.33. The summed E-state index contributed by atoms with van der Waals surface area (Å²) in [5, 5.41) is 5.62. The third kappa shape index (κ3) is 4.79. The molecule has 1 aromatic rings. The van der Waals surface area contributed by atoms with Crippen LogP contribution in [0.25, 0.3) is 0 Å². The van der Waals surface area contributed by atoms with Crippen LogP contribution in [0.15, 0.2) is 24.3 Å².